The summed E-state index contributed by atoms with van der Waals surface area (Å²) in [4.78, 5) is 27.0. The highest BCUT2D eigenvalue weighted by Gasteiger charge is 2.23. The summed E-state index contributed by atoms with van der Waals surface area (Å²) in [5.74, 6) is -0.222. The van der Waals surface area contributed by atoms with Crippen LogP contribution in [0.2, 0.25) is 0 Å². The summed E-state index contributed by atoms with van der Waals surface area (Å²) in [6.45, 7) is 6.90. The number of nitrogens with zero attached hydrogens (tertiary/aromatic N) is 4. The van der Waals surface area contributed by atoms with Gasteiger partial charge in [0.25, 0.3) is 11.6 Å². The van der Waals surface area contributed by atoms with Gasteiger partial charge in [0.1, 0.15) is 0 Å². The van der Waals surface area contributed by atoms with E-state index in [2.05, 4.69) is 32.3 Å². The molecule has 0 aliphatic carbocycles. The van der Waals surface area contributed by atoms with Gasteiger partial charge in [0.15, 0.2) is 5.13 Å². The maximum Gasteiger partial charge on any atom is 0.259 e. The Bertz CT molecular complexity index is 1200. The number of pyridine rings is 1. The maximum absolute atomic E-state index is 13.2. The van der Waals surface area contributed by atoms with Crippen molar-refractivity contribution in [1.82, 2.24) is 20.0 Å². The van der Waals surface area contributed by atoms with Gasteiger partial charge in [0.2, 0.25) is 0 Å². The first-order chi connectivity index (χ1) is 14.1. The Morgan fingerprint density at radius 1 is 1.38 bits per heavy atom. The lowest BCUT2D eigenvalue weighted by atomic mass is 10.1. The molecule has 7 nitrogen and oxygen atoms in total. The number of thiazole rings is 1. The number of anilines is 1. The van der Waals surface area contributed by atoms with E-state index in [1.807, 2.05) is 24.4 Å². The van der Waals surface area contributed by atoms with E-state index >= 15 is 0 Å². The van der Waals surface area contributed by atoms with E-state index in [1.165, 1.54) is 4.88 Å². The zero-order valence-corrected chi connectivity index (χ0v) is 17.7. The first kappa shape index (κ1) is 18.4. The summed E-state index contributed by atoms with van der Waals surface area (Å²) < 4.78 is 5.36. The average molecular weight is 426 g/mol. The van der Waals surface area contributed by atoms with Gasteiger partial charge < -0.3 is 4.52 Å². The second-order valence-electron chi connectivity index (χ2n) is 6.94. The van der Waals surface area contributed by atoms with E-state index in [4.69, 9.17) is 4.52 Å². The van der Waals surface area contributed by atoms with Crippen molar-refractivity contribution in [1.29, 1.82) is 0 Å². The van der Waals surface area contributed by atoms with Crippen molar-refractivity contribution in [2.45, 2.75) is 26.8 Å². The molecule has 0 aromatic carbocycles. The van der Waals surface area contributed by atoms with Crippen LogP contribution in [0.5, 0.6) is 0 Å². The Morgan fingerprint density at radius 2 is 2.28 bits per heavy atom. The van der Waals surface area contributed by atoms with Gasteiger partial charge in [0.05, 0.1) is 32.9 Å². The van der Waals surface area contributed by atoms with E-state index in [9.17, 15) is 4.79 Å². The molecule has 0 spiro atoms. The SMILES string of the molecule is CCN1CCc2nc(NC(=O)c3cc(-c4cccs4)nc4onc(C)c34)sc2C1. The molecule has 9 heteroatoms. The largest absolute Gasteiger partial charge is 0.335 e. The Morgan fingerprint density at radius 3 is 3.07 bits per heavy atom. The highest BCUT2D eigenvalue weighted by atomic mass is 32.1. The third kappa shape index (κ3) is 3.35. The molecule has 0 atom stereocenters. The van der Waals surface area contributed by atoms with Gasteiger partial charge in [-0.15, -0.1) is 22.7 Å². The van der Waals surface area contributed by atoms with Crippen LogP contribution in [-0.4, -0.2) is 39.0 Å². The van der Waals surface area contributed by atoms with Gasteiger partial charge in [-0.3, -0.25) is 15.0 Å². The van der Waals surface area contributed by atoms with Gasteiger partial charge in [0, 0.05) is 24.4 Å². The number of thiophene rings is 1. The summed E-state index contributed by atoms with van der Waals surface area (Å²) >= 11 is 3.12. The number of amides is 1. The molecular formula is C20H19N5O2S2. The number of aryl methyl sites for hydroxylation is 1. The van der Waals surface area contributed by atoms with Crippen LogP contribution in [-0.2, 0) is 13.0 Å². The molecule has 0 saturated heterocycles. The molecule has 29 heavy (non-hydrogen) atoms. The lowest BCUT2D eigenvalue weighted by molar-refractivity contribution is 0.102. The van der Waals surface area contributed by atoms with E-state index < -0.39 is 0 Å². The zero-order chi connectivity index (χ0) is 20.0. The van der Waals surface area contributed by atoms with Gasteiger partial charge in [-0.2, -0.15) is 0 Å². The molecule has 0 saturated carbocycles. The minimum atomic E-state index is -0.222. The molecule has 1 N–H and O–H groups in total. The first-order valence-corrected chi connectivity index (χ1v) is 11.1. The van der Waals surface area contributed by atoms with Crippen LogP contribution in [0.3, 0.4) is 0 Å². The van der Waals surface area contributed by atoms with Crippen LogP contribution < -0.4 is 5.32 Å². The Balaban J connectivity index is 1.50. The van der Waals surface area contributed by atoms with Gasteiger partial charge in [-0.1, -0.05) is 18.1 Å². The molecule has 4 aromatic rings. The van der Waals surface area contributed by atoms with Crippen LogP contribution >= 0.6 is 22.7 Å². The van der Waals surface area contributed by atoms with Crippen molar-refractivity contribution in [3.05, 3.63) is 45.4 Å². The summed E-state index contributed by atoms with van der Waals surface area (Å²) in [5, 5.41) is 10.2. The minimum Gasteiger partial charge on any atom is -0.335 e. The maximum atomic E-state index is 13.2. The quantitative estimate of drug-likeness (QED) is 0.523. The smallest absolute Gasteiger partial charge is 0.259 e. The van der Waals surface area contributed by atoms with E-state index in [0.717, 1.165) is 36.6 Å². The van der Waals surface area contributed by atoms with Gasteiger partial charge >= 0.3 is 0 Å². The number of nitrogens with one attached hydrogen (secondary N) is 1. The normalized spacial score (nSPS) is 14.3. The van der Waals surface area contributed by atoms with Crippen LogP contribution in [0.15, 0.2) is 28.1 Å². The number of rotatable bonds is 4. The summed E-state index contributed by atoms with van der Waals surface area (Å²) in [5.41, 5.74) is 3.31. The molecule has 0 unspecified atom stereocenters. The van der Waals surface area contributed by atoms with E-state index in [1.54, 1.807) is 28.7 Å². The van der Waals surface area contributed by atoms with Crippen molar-refractivity contribution in [2.24, 2.45) is 0 Å². The Kier molecular flexibility index (Phi) is 4.65. The molecule has 148 valence electrons. The molecule has 5 heterocycles. The number of likely N-dealkylation sites (N-methyl/N-ethyl adjacent to an activating group) is 1. The highest BCUT2D eigenvalue weighted by molar-refractivity contribution is 7.16. The predicted octanol–water partition coefficient (Wildman–Crippen LogP) is 4.35. The molecule has 5 rings (SSSR count). The van der Waals surface area contributed by atoms with E-state index in [-0.39, 0.29) is 5.91 Å². The summed E-state index contributed by atoms with van der Waals surface area (Å²) in [6, 6.07) is 5.73. The molecule has 0 radical (unpaired) electrons. The van der Waals surface area contributed by atoms with E-state index in [0.29, 0.717) is 33.2 Å². The second-order valence-corrected chi connectivity index (χ2v) is 8.97. The topological polar surface area (TPSA) is 84.2 Å². The van der Waals surface area contributed by atoms with Crippen molar-refractivity contribution < 1.29 is 9.32 Å². The fourth-order valence-electron chi connectivity index (χ4n) is 3.56. The lowest BCUT2D eigenvalue weighted by Crippen LogP contribution is -2.29. The summed E-state index contributed by atoms with van der Waals surface area (Å²) in [7, 11) is 0. The van der Waals surface area contributed by atoms with Crippen LogP contribution in [0, 0.1) is 6.92 Å². The van der Waals surface area contributed by atoms with Crippen LogP contribution in [0.1, 0.15) is 33.5 Å². The molecule has 0 bridgehead atoms. The van der Waals surface area contributed by atoms with Crippen molar-refractivity contribution in [3.8, 4) is 10.6 Å². The molecular weight excluding hydrogens is 406 g/mol. The minimum absolute atomic E-state index is 0.222. The lowest BCUT2D eigenvalue weighted by Gasteiger charge is -2.23. The third-order valence-corrected chi connectivity index (χ3v) is 7.00. The standard InChI is InChI=1S/C20H19N5O2S2/c1-3-25-7-6-13-16(10-25)29-20(22-13)23-18(26)12-9-14(15-5-4-8-28-15)21-19-17(12)11(2)24-27-19/h4-5,8-9H,3,6-7,10H2,1-2H3,(H,22,23,26). The number of carbonyl (C=O) groups excluding carboxylic acids is 1. The molecule has 1 aliphatic rings. The van der Waals surface area contributed by atoms with Crippen LogP contribution in [0.4, 0.5) is 5.13 Å². The number of fused-ring (bicyclic) bond motifs is 2. The van der Waals surface area contributed by atoms with Crippen molar-refractivity contribution >= 4 is 44.8 Å². The number of hydrogen-bond donors (Lipinski definition) is 1. The summed E-state index contributed by atoms with van der Waals surface area (Å²) in [6.07, 6.45) is 0.919. The average Bonchev–Trinajstić information content (AvgIpc) is 3.46. The van der Waals surface area contributed by atoms with Crippen LogP contribution in [0.25, 0.3) is 21.7 Å². The Hall–Kier alpha value is -2.62. The second kappa shape index (κ2) is 7.33. The Labute approximate surface area is 175 Å². The van der Waals surface area contributed by atoms with Crippen molar-refractivity contribution in [3.63, 3.8) is 0 Å². The molecule has 1 amide bonds. The van der Waals surface area contributed by atoms with Crippen molar-refractivity contribution in [2.75, 3.05) is 18.4 Å². The number of hydrogen-bond acceptors (Lipinski definition) is 8. The highest BCUT2D eigenvalue weighted by Crippen LogP contribution is 2.32. The molecule has 0 fully saturated rings. The fourth-order valence-corrected chi connectivity index (χ4v) is 5.29. The monoisotopic (exact) mass is 425 g/mol. The molecule has 1 aliphatic heterocycles. The van der Waals surface area contributed by atoms with Gasteiger partial charge in [-0.25, -0.2) is 9.97 Å². The number of aromatic nitrogens is 3. The predicted molar refractivity (Wildman–Crippen MR) is 115 cm³/mol. The van der Waals surface area contributed by atoms with Gasteiger partial charge in [-0.05, 0) is 31.0 Å². The third-order valence-electron chi connectivity index (χ3n) is 5.11. The molecule has 4 aromatic heterocycles. The first-order valence-electron chi connectivity index (χ1n) is 9.45. The fraction of sp³-hybridized carbons (Fsp3) is 0.300. The zero-order valence-electron chi connectivity index (χ0n) is 16.1. The number of carbonyl (C=O) groups is 1.